The lowest BCUT2D eigenvalue weighted by molar-refractivity contribution is -0.140. The zero-order chi connectivity index (χ0) is 13.8. The second kappa shape index (κ2) is 5.92. The van der Waals surface area contributed by atoms with E-state index in [9.17, 15) is 13.2 Å². The highest BCUT2D eigenvalue weighted by molar-refractivity contribution is 7.92. The van der Waals surface area contributed by atoms with Crippen LogP contribution < -0.4 is 10.5 Å². The van der Waals surface area contributed by atoms with E-state index in [0.717, 1.165) is 0 Å². The molecule has 1 rings (SSSR count). The number of hydrogen-bond donors (Lipinski definition) is 2. The fourth-order valence-corrected chi connectivity index (χ4v) is 2.38. The lowest BCUT2D eigenvalue weighted by Crippen LogP contribution is -2.20. The van der Waals surface area contributed by atoms with E-state index in [1.165, 1.54) is 19.2 Å². The van der Waals surface area contributed by atoms with E-state index in [1.807, 2.05) is 0 Å². The number of esters is 1. The van der Waals surface area contributed by atoms with Crippen molar-refractivity contribution in [2.45, 2.75) is 6.42 Å². The quantitative estimate of drug-likeness (QED) is 0.628. The average Bonchev–Trinajstić information content (AvgIpc) is 2.30. The van der Waals surface area contributed by atoms with Gasteiger partial charge in [0.05, 0.1) is 30.7 Å². The number of nitrogens with two attached hydrogens (primary N) is 1. The van der Waals surface area contributed by atoms with Crippen molar-refractivity contribution in [3.8, 4) is 0 Å². The van der Waals surface area contributed by atoms with Gasteiger partial charge in [-0.2, -0.15) is 0 Å². The maximum atomic E-state index is 11.7. The summed E-state index contributed by atoms with van der Waals surface area (Å²) in [5.41, 5.74) is 6.04. The number of rotatable bonds is 5. The topological polar surface area (TPSA) is 98.5 Å². The zero-order valence-corrected chi connectivity index (χ0v) is 11.2. The minimum absolute atomic E-state index is 0.187. The van der Waals surface area contributed by atoms with Gasteiger partial charge in [-0.25, -0.2) is 8.42 Å². The first kappa shape index (κ1) is 14.6. The standard InChI is InChI=1S/C10H13ClN2O4S/c1-17-10(14)4-5-18(15,16)13-9-6-7(11)2-3-8(9)12/h2-3,6,13H,4-5,12H2,1H3. The summed E-state index contributed by atoms with van der Waals surface area (Å²) in [6, 6.07) is 4.43. The predicted molar refractivity (Wildman–Crippen MR) is 69.9 cm³/mol. The van der Waals surface area contributed by atoms with Crippen LogP contribution in [0.5, 0.6) is 0 Å². The zero-order valence-electron chi connectivity index (χ0n) is 9.64. The summed E-state index contributed by atoms with van der Waals surface area (Å²) < 4.78 is 30.0. The molecule has 0 fully saturated rings. The van der Waals surface area contributed by atoms with Crippen molar-refractivity contribution in [1.82, 2.24) is 0 Å². The van der Waals surface area contributed by atoms with Crippen molar-refractivity contribution < 1.29 is 17.9 Å². The summed E-state index contributed by atoms with van der Waals surface area (Å²) in [5, 5.41) is 0.356. The minimum Gasteiger partial charge on any atom is -0.469 e. The van der Waals surface area contributed by atoms with Gasteiger partial charge in [0.15, 0.2) is 0 Å². The summed E-state index contributed by atoms with van der Waals surface area (Å²) in [7, 11) is -2.48. The van der Waals surface area contributed by atoms with E-state index < -0.39 is 16.0 Å². The third kappa shape index (κ3) is 4.42. The van der Waals surface area contributed by atoms with Crippen molar-refractivity contribution in [3.05, 3.63) is 23.2 Å². The Morgan fingerprint density at radius 3 is 2.78 bits per heavy atom. The van der Waals surface area contributed by atoms with Crippen molar-refractivity contribution in [1.29, 1.82) is 0 Å². The predicted octanol–water partition coefficient (Wildman–Crippen LogP) is 1.23. The van der Waals surface area contributed by atoms with Gasteiger partial charge < -0.3 is 10.5 Å². The summed E-state index contributed by atoms with van der Waals surface area (Å²) in [4.78, 5) is 10.9. The van der Waals surface area contributed by atoms with Gasteiger partial charge in [0, 0.05) is 5.02 Å². The fraction of sp³-hybridized carbons (Fsp3) is 0.300. The third-order valence-electron chi connectivity index (χ3n) is 2.08. The van der Waals surface area contributed by atoms with Crippen molar-refractivity contribution in [2.75, 3.05) is 23.3 Å². The number of ether oxygens (including phenoxy) is 1. The van der Waals surface area contributed by atoms with Crippen LogP contribution in [0.15, 0.2) is 18.2 Å². The molecule has 0 unspecified atom stereocenters. The number of anilines is 2. The molecule has 0 aromatic heterocycles. The highest BCUT2D eigenvalue weighted by Gasteiger charge is 2.15. The van der Waals surface area contributed by atoms with Crippen LogP contribution >= 0.6 is 11.6 Å². The molecular formula is C10H13ClN2O4S. The summed E-state index contributed by atoms with van der Waals surface area (Å²) >= 11 is 5.73. The molecule has 0 amide bonds. The van der Waals surface area contributed by atoms with E-state index in [-0.39, 0.29) is 23.5 Å². The fourth-order valence-electron chi connectivity index (χ4n) is 1.16. The van der Waals surface area contributed by atoms with Crippen molar-refractivity contribution in [2.24, 2.45) is 0 Å². The molecule has 8 heteroatoms. The molecule has 1 aromatic rings. The van der Waals surface area contributed by atoms with Crippen LogP contribution in [-0.2, 0) is 19.6 Å². The van der Waals surface area contributed by atoms with Gasteiger partial charge in [0.2, 0.25) is 10.0 Å². The Morgan fingerprint density at radius 1 is 1.50 bits per heavy atom. The number of carbonyl (C=O) groups excluding carboxylic acids is 1. The molecule has 0 heterocycles. The second-order valence-corrected chi connectivity index (χ2v) is 5.76. The molecule has 0 spiro atoms. The summed E-state index contributed by atoms with van der Waals surface area (Å²) in [5.74, 6) is -0.981. The van der Waals surface area contributed by atoms with E-state index >= 15 is 0 Å². The van der Waals surface area contributed by atoms with Crippen LogP contribution in [0.1, 0.15) is 6.42 Å². The van der Waals surface area contributed by atoms with Crippen LogP contribution in [0, 0.1) is 0 Å². The monoisotopic (exact) mass is 292 g/mol. The molecule has 3 N–H and O–H groups in total. The van der Waals surface area contributed by atoms with Gasteiger partial charge in [-0.15, -0.1) is 0 Å². The Hall–Kier alpha value is -1.47. The number of nitrogens with one attached hydrogen (secondary N) is 1. The maximum Gasteiger partial charge on any atom is 0.306 e. The van der Waals surface area contributed by atoms with Crippen molar-refractivity contribution in [3.63, 3.8) is 0 Å². The van der Waals surface area contributed by atoms with Crippen LogP contribution in [0.4, 0.5) is 11.4 Å². The first-order chi connectivity index (χ1) is 8.34. The van der Waals surface area contributed by atoms with E-state index in [1.54, 1.807) is 6.07 Å². The average molecular weight is 293 g/mol. The normalized spacial score (nSPS) is 11.0. The van der Waals surface area contributed by atoms with Crippen LogP contribution in [0.2, 0.25) is 5.02 Å². The van der Waals surface area contributed by atoms with E-state index in [4.69, 9.17) is 17.3 Å². The summed E-state index contributed by atoms with van der Waals surface area (Å²) in [6.07, 6.45) is -0.230. The highest BCUT2D eigenvalue weighted by Crippen LogP contribution is 2.24. The van der Waals surface area contributed by atoms with E-state index in [0.29, 0.717) is 5.02 Å². The third-order valence-corrected chi connectivity index (χ3v) is 3.59. The molecule has 0 radical (unpaired) electrons. The molecule has 0 aliphatic rings. The molecule has 0 atom stereocenters. The second-order valence-electron chi connectivity index (χ2n) is 3.48. The molecule has 100 valence electrons. The number of methoxy groups -OCH3 is 1. The SMILES string of the molecule is COC(=O)CCS(=O)(=O)Nc1cc(Cl)ccc1N. The Labute approximate surface area is 110 Å². The number of sulfonamides is 1. The van der Waals surface area contributed by atoms with Gasteiger partial charge in [-0.1, -0.05) is 11.6 Å². The Morgan fingerprint density at radius 2 is 2.17 bits per heavy atom. The lowest BCUT2D eigenvalue weighted by atomic mass is 10.3. The smallest absolute Gasteiger partial charge is 0.306 e. The molecule has 18 heavy (non-hydrogen) atoms. The lowest BCUT2D eigenvalue weighted by Gasteiger charge is -2.10. The molecule has 0 aliphatic carbocycles. The molecule has 0 saturated carbocycles. The van der Waals surface area contributed by atoms with Crippen molar-refractivity contribution >= 4 is 39.0 Å². The molecule has 1 aromatic carbocycles. The van der Waals surface area contributed by atoms with Gasteiger partial charge in [-0.05, 0) is 18.2 Å². The van der Waals surface area contributed by atoms with Gasteiger partial charge in [-0.3, -0.25) is 9.52 Å². The first-order valence-electron chi connectivity index (χ1n) is 4.96. The van der Waals surface area contributed by atoms with Gasteiger partial charge in [0.25, 0.3) is 0 Å². The molecular weight excluding hydrogens is 280 g/mol. The molecule has 0 aliphatic heterocycles. The highest BCUT2D eigenvalue weighted by atomic mass is 35.5. The Balaban J connectivity index is 2.76. The Kier molecular flexibility index (Phi) is 4.80. The van der Waals surface area contributed by atoms with Crippen LogP contribution in [0.25, 0.3) is 0 Å². The Bertz CT molecular complexity index is 545. The van der Waals surface area contributed by atoms with Crippen LogP contribution in [-0.4, -0.2) is 27.2 Å². The van der Waals surface area contributed by atoms with Gasteiger partial charge >= 0.3 is 5.97 Å². The number of carbonyl (C=O) groups is 1. The molecule has 6 nitrogen and oxygen atoms in total. The minimum atomic E-state index is -3.67. The first-order valence-corrected chi connectivity index (χ1v) is 6.99. The largest absolute Gasteiger partial charge is 0.469 e. The van der Waals surface area contributed by atoms with Gasteiger partial charge in [0.1, 0.15) is 0 Å². The van der Waals surface area contributed by atoms with Crippen LogP contribution in [0.3, 0.4) is 0 Å². The van der Waals surface area contributed by atoms with E-state index in [2.05, 4.69) is 9.46 Å². The number of hydrogen-bond acceptors (Lipinski definition) is 5. The number of benzene rings is 1. The molecule has 0 bridgehead atoms. The molecule has 0 saturated heterocycles. The summed E-state index contributed by atoms with van der Waals surface area (Å²) in [6.45, 7) is 0. The maximum absolute atomic E-state index is 11.7. The number of halogens is 1. The number of nitrogen functional groups attached to an aromatic ring is 1.